The van der Waals surface area contributed by atoms with Gasteiger partial charge in [-0.25, -0.2) is 0 Å². The van der Waals surface area contributed by atoms with Gasteiger partial charge < -0.3 is 28.8 Å². The monoisotopic (exact) mass is 1000 g/mol. The van der Waals surface area contributed by atoms with Crippen LogP contribution in [0.1, 0.15) is 258 Å². The number of hydrogen-bond acceptors (Lipinski definition) is 6. The summed E-state index contributed by atoms with van der Waals surface area (Å²) in [4.78, 5) is 25.3. The largest absolute Gasteiger partial charge is 0.756 e. The number of rotatable bonds is 53. The molecule has 0 fully saturated rings. The van der Waals surface area contributed by atoms with Gasteiger partial charge in [-0.3, -0.25) is 9.36 Å². The molecule has 2 N–H and O–H groups in total. The number of aliphatic hydroxyl groups is 1. The Balaban J connectivity index is 3.72. The van der Waals surface area contributed by atoms with E-state index in [1.54, 1.807) is 6.08 Å². The number of likely N-dealkylation sites (N-methyl/N-ethyl adjacent to an activating group) is 1. The van der Waals surface area contributed by atoms with Crippen molar-refractivity contribution >= 4 is 13.7 Å². The highest BCUT2D eigenvalue weighted by Crippen LogP contribution is 2.38. The Labute approximate surface area is 434 Å². The number of unbranched alkanes of at least 4 members (excludes halogenated alkanes) is 30. The quantitative estimate of drug-likeness (QED) is 0.0272. The first kappa shape index (κ1) is 67.9. The van der Waals surface area contributed by atoms with Gasteiger partial charge in [0.15, 0.2) is 0 Å². The van der Waals surface area contributed by atoms with Crippen molar-refractivity contribution in [2.45, 2.75) is 270 Å². The van der Waals surface area contributed by atoms with Crippen LogP contribution in [-0.2, 0) is 18.4 Å². The third-order valence-corrected chi connectivity index (χ3v) is 13.8. The van der Waals surface area contributed by atoms with Crippen molar-refractivity contribution in [3.05, 3.63) is 72.9 Å². The van der Waals surface area contributed by atoms with Gasteiger partial charge in [0, 0.05) is 6.42 Å². The van der Waals surface area contributed by atoms with E-state index in [-0.39, 0.29) is 12.5 Å². The van der Waals surface area contributed by atoms with Crippen LogP contribution in [0.2, 0.25) is 0 Å². The van der Waals surface area contributed by atoms with Crippen LogP contribution in [0, 0.1) is 0 Å². The zero-order chi connectivity index (χ0) is 51.3. The van der Waals surface area contributed by atoms with Gasteiger partial charge in [0.25, 0.3) is 7.82 Å². The van der Waals surface area contributed by atoms with Crippen LogP contribution in [-0.4, -0.2) is 68.5 Å². The zero-order valence-electron chi connectivity index (χ0n) is 46.5. The molecule has 0 aromatic heterocycles. The Bertz CT molecular complexity index is 1370. The number of aliphatic hydroxyl groups excluding tert-OH is 1. The number of nitrogens with one attached hydrogen (secondary N) is 1. The lowest BCUT2D eigenvalue weighted by molar-refractivity contribution is -0.870. The van der Waals surface area contributed by atoms with E-state index < -0.39 is 26.6 Å². The Morgan fingerprint density at radius 2 is 0.886 bits per heavy atom. The standard InChI is InChI=1S/C61H113N2O6P/c1-6-8-10-12-14-15-16-17-18-19-20-21-22-23-24-25-26-27-28-29-30-31-32-33-34-35-36-37-38-39-40-41-42-43-44-45-46-47-49-51-53-55-61(65)62-59(60(64)54-52-50-48-13-11-9-7-2)58-69-70(66,67)68-57-56-63(3,4)5/h8,10-11,13-15,17-18,20-21,52,54,59-60,64H,6-7,9,12,16,19,22-51,53,55-58H2,1-5H3,(H-,62,65,66,67)/b10-8-,13-11+,15-14-,18-17-,21-20-,54-52+. The van der Waals surface area contributed by atoms with Crippen LogP contribution in [0.25, 0.3) is 0 Å². The summed E-state index contributed by atoms with van der Waals surface area (Å²) in [6.45, 7) is 4.41. The molecule has 408 valence electrons. The minimum Gasteiger partial charge on any atom is -0.756 e. The maximum atomic E-state index is 12.8. The molecule has 0 saturated carbocycles. The Kier molecular flexibility index (Phi) is 50.3. The lowest BCUT2D eigenvalue weighted by Crippen LogP contribution is -2.45. The normalized spacial score (nSPS) is 14.4. The van der Waals surface area contributed by atoms with E-state index in [1.165, 1.54) is 167 Å². The highest BCUT2D eigenvalue weighted by Gasteiger charge is 2.23. The summed E-state index contributed by atoms with van der Waals surface area (Å²) < 4.78 is 23.1. The number of allylic oxidation sites excluding steroid dienone is 11. The molecule has 0 radical (unpaired) electrons. The first-order chi connectivity index (χ1) is 34.0. The summed E-state index contributed by atoms with van der Waals surface area (Å²) in [6.07, 6.45) is 72.1. The van der Waals surface area contributed by atoms with Crippen LogP contribution in [0.4, 0.5) is 0 Å². The van der Waals surface area contributed by atoms with Crippen molar-refractivity contribution in [1.82, 2.24) is 5.32 Å². The van der Waals surface area contributed by atoms with Crippen molar-refractivity contribution in [1.29, 1.82) is 0 Å². The summed E-state index contributed by atoms with van der Waals surface area (Å²) in [5.41, 5.74) is 0. The lowest BCUT2D eigenvalue weighted by atomic mass is 10.0. The molecule has 0 aromatic rings. The van der Waals surface area contributed by atoms with Gasteiger partial charge >= 0.3 is 0 Å². The first-order valence-corrected chi connectivity index (χ1v) is 30.8. The fourth-order valence-corrected chi connectivity index (χ4v) is 9.07. The van der Waals surface area contributed by atoms with Crippen LogP contribution < -0.4 is 10.2 Å². The minimum atomic E-state index is -4.59. The summed E-state index contributed by atoms with van der Waals surface area (Å²) in [5, 5.41) is 13.7. The lowest BCUT2D eigenvalue weighted by Gasteiger charge is -2.29. The summed E-state index contributed by atoms with van der Waals surface area (Å²) in [7, 11) is 1.24. The number of carbonyl (C=O) groups is 1. The minimum absolute atomic E-state index is 0.00695. The van der Waals surface area contributed by atoms with Gasteiger partial charge in [-0.15, -0.1) is 0 Å². The second-order valence-electron chi connectivity index (χ2n) is 21.0. The van der Waals surface area contributed by atoms with E-state index >= 15 is 0 Å². The predicted molar refractivity (Wildman–Crippen MR) is 302 cm³/mol. The molecule has 70 heavy (non-hydrogen) atoms. The molecular formula is C61H113N2O6P. The summed E-state index contributed by atoms with van der Waals surface area (Å²) >= 11 is 0. The Morgan fingerprint density at radius 1 is 0.514 bits per heavy atom. The predicted octanol–water partition coefficient (Wildman–Crippen LogP) is 17.2. The topological polar surface area (TPSA) is 108 Å². The number of quaternary nitrogens is 1. The van der Waals surface area contributed by atoms with Gasteiger partial charge in [0.2, 0.25) is 5.91 Å². The number of nitrogens with zero attached hydrogens (tertiary/aromatic N) is 1. The number of phosphoric ester groups is 1. The van der Waals surface area contributed by atoms with Crippen LogP contribution in [0.3, 0.4) is 0 Å². The molecule has 8 nitrogen and oxygen atoms in total. The fraction of sp³-hybridized carbons (Fsp3) is 0.787. The van der Waals surface area contributed by atoms with Crippen LogP contribution in [0.15, 0.2) is 72.9 Å². The van der Waals surface area contributed by atoms with Crippen molar-refractivity contribution in [3.63, 3.8) is 0 Å². The molecule has 0 aliphatic carbocycles. The van der Waals surface area contributed by atoms with E-state index in [1.807, 2.05) is 27.2 Å². The zero-order valence-corrected chi connectivity index (χ0v) is 47.4. The fourth-order valence-electron chi connectivity index (χ4n) is 8.35. The van der Waals surface area contributed by atoms with Gasteiger partial charge in [0.05, 0.1) is 39.9 Å². The van der Waals surface area contributed by atoms with Crippen molar-refractivity contribution in [3.8, 4) is 0 Å². The van der Waals surface area contributed by atoms with Gasteiger partial charge in [-0.2, -0.15) is 0 Å². The van der Waals surface area contributed by atoms with Gasteiger partial charge in [-0.1, -0.05) is 260 Å². The highest BCUT2D eigenvalue weighted by molar-refractivity contribution is 7.45. The molecule has 3 unspecified atom stereocenters. The molecular weight excluding hydrogens is 888 g/mol. The average molecular weight is 1000 g/mol. The summed E-state index contributed by atoms with van der Waals surface area (Å²) in [6, 6.07) is -0.900. The Hall–Kier alpha value is -2.06. The molecule has 0 bridgehead atoms. The summed E-state index contributed by atoms with van der Waals surface area (Å²) in [5.74, 6) is -0.209. The second kappa shape index (κ2) is 51.8. The number of phosphoric acid groups is 1. The van der Waals surface area contributed by atoms with E-state index in [0.29, 0.717) is 17.4 Å². The van der Waals surface area contributed by atoms with Crippen molar-refractivity contribution < 1.29 is 32.9 Å². The van der Waals surface area contributed by atoms with Gasteiger partial charge in [-0.05, 0) is 64.2 Å². The number of carbonyl (C=O) groups excluding carboxylic acids is 1. The maximum Gasteiger partial charge on any atom is 0.268 e. The van der Waals surface area contributed by atoms with Crippen LogP contribution >= 0.6 is 7.82 Å². The molecule has 0 aliphatic heterocycles. The average Bonchev–Trinajstić information content (AvgIpc) is 3.32. The first-order valence-electron chi connectivity index (χ1n) is 29.3. The van der Waals surface area contributed by atoms with Crippen molar-refractivity contribution in [2.24, 2.45) is 0 Å². The molecule has 1 amide bonds. The third-order valence-electron chi connectivity index (χ3n) is 12.9. The Morgan fingerprint density at radius 3 is 1.31 bits per heavy atom. The maximum absolute atomic E-state index is 12.8. The smallest absolute Gasteiger partial charge is 0.268 e. The molecule has 0 aromatic carbocycles. The van der Waals surface area contributed by atoms with Gasteiger partial charge in [0.1, 0.15) is 13.2 Å². The third kappa shape index (κ3) is 53.7. The second-order valence-corrected chi connectivity index (χ2v) is 22.4. The SMILES string of the molecule is CC/C=C\C/C=C\C/C=C\C/C=C\CCCCCCCCCCCCCCCCCCCCCCCCCCCCCCC(=O)NC(COP(=O)([O-])OCC[N+](C)(C)C)C(O)/C=C/CC/C=C/CCC. The van der Waals surface area contributed by atoms with E-state index in [4.69, 9.17) is 9.05 Å². The highest BCUT2D eigenvalue weighted by atomic mass is 31.2. The number of hydrogen-bond donors (Lipinski definition) is 2. The van der Waals surface area contributed by atoms with E-state index in [9.17, 15) is 19.4 Å². The van der Waals surface area contributed by atoms with E-state index in [0.717, 1.165) is 70.6 Å². The molecule has 0 heterocycles. The van der Waals surface area contributed by atoms with Crippen LogP contribution in [0.5, 0.6) is 0 Å². The van der Waals surface area contributed by atoms with Crippen molar-refractivity contribution in [2.75, 3.05) is 40.9 Å². The number of amides is 1. The van der Waals surface area contributed by atoms with E-state index in [2.05, 4.69) is 79.9 Å². The molecule has 9 heteroatoms. The molecule has 3 atom stereocenters. The molecule has 0 rings (SSSR count). The molecule has 0 spiro atoms. The molecule has 0 aliphatic rings. The molecule has 0 saturated heterocycles.